The van der Waals surface area contributed by atoms with E-state index in [1.54, 1.807) is 11.3 Å². The van der Waals surface area contributed by atoms with Crippen molar-refractivity contribution in [2.75, 3.05) is 6.54 Å². The van der Waals surface area contributed by atoms with Crippen molar-refractivity contribution in [1.82, 2.24) is 5.32 Å². The summed E-state index contributed by atoms with van der Waals surface area (Å²) in [7, 11) is 0. The molecule has 0 amide bonds. The lowest BCUT2D eigenvalue weighted by Crippen LogP contribution is -2.40. The highest BCUT2D eigenvalue weighted by Crippen LogP contribution is 2.10. The zero-order valence-corrected chi connectivity index (χ0v) is 10.9. The molecule has 1 aromatic rings. The molecule has 0 aliphatic rings. The predicted molar refractivity (Wildman–Crippen MR) is 66.3 cm³/mol. The monoisotopic (exact) mass is 227 g/mol. The minimum absolute atomic E-state index is 0.167. The Balaban J connectivity index is 2.16. The van der Waals surface area contributed by atoms with Crippen LogP contribution in [0.25, 0.3) is 0 Å². The van der Waals surface area contributed by atoms with Crippen LogP contribution in [0.1, 0.15) is 32.6 Å². The number of hydrogen-bond acceptors (Lipinski definition) is 3. The summed E-state index contributed by atoms with van der Waals surface area (Å²) in [5.41, 5.74) is 0.167. The van der Waals surface area contributed by atoms with E-state index in [-0.39, 0.29) is 11.6 Å². The Kier molecular flexibility index (Phi) is 4.77. The summed E-state index contributed by atoms with van der Waals surface area (Å²) in [6, 6.07) is 4.16. The summed E-state index contributed by atoms with van der Waals surface area (Å²) < 4.78 is 5.73. The van der Waals surface area contributed by atoms with Gasteiger partial charge in [0.25, 0.3) is 0 Å². The van der Waals surface area contributed by atoms with E-state index in [1.165, 1.54) is 4.88 Å². The molecule has 1 atom stereocenters. The summed E-state index contributed by atoms with van der Waals surface area (Å²) in [6.07, 6.45) is 0.256. The summed E-state index contributed by atoms with van der Waals surface area (Å²) in [5, 5.41) is 5.51. The maximum absolute atomic E-state index is 5.73. The van der Waals surface area contributed by atoms with Crippen molar-refractivity contribution in [3.05, 3.63) is 22.4 Å². The largest absolute Gasteiger partial charge is 0.372 e. The van der Waals surface area contributed by atoms with Crippen molar-refractivity contribution >= 4 is 11.3 Å². The average Bonchev–Trinajstić information content (AvgIpc) is 2.62. The molecule has 0 aliphatic heterocycles. The van der Waals surface area contributed by atoms with Gasteiger partial charge in [-0.1, -0.05) is 6.07 Å². The fourth-order valence-electron chi connectivity index (χ4n) is 1.13. The van der Waals surface area contributed by atoms with Crippen LogP contribution in [0.5, 0.6) is 0 Å². The minimum Gasteiger partial charge on any atom is -0.372 e. The van der Waals surface area contributed by atoms with Gasteiger partial charge in [-0.15, -0.1) is 11.3 Å². The van der Waals surface area contributed by atoms with E-state index in [0.717, 1.165) is 13.2 Å². The number of ether oxygens (including phenoxy) is 1. The smallest absolute Gasteiger partial charge is 0.0813 e. The van der Waals surface area contributed by atoms with Crippen LogP contribution in [0, 0.1) is 0 Å². The molecule has 1 aromatic heterocycles. The van der Waals surface area contributed by atoms with Gasteiger partial charge in [0.05, 0.1) is 12.7 Å². The maximum Gasteiger partial charge on any atom is 0.0813 e. The van der Waals surface area contributed by atoms with Crippen LogP contribution < -0.4 is 5.32 Å². The van der Waals surface area contributed by atoms with Gasteiger partial charge in [0, 0.05) is 17.0 Å². The van der Waals surface area contributed by atoms with Crippen molar-refractivity contribution in [3.63, 3.8) is 0 Å². The van der Waals surface area contributed by atoms with Gasteiger partial charge in [0.15, 0.2) is 0 Å². The lowest BCUT2D eigenvalue weighted by Gasteiger charge is -2.23. The first-order valence-corrected chi connectivity index (χ1v) is 6.24. The summed E-state index contributed by atoms with van der Waals surface area (Å²) in [5.74, 6) is 0. The first-order valence-electron chi connectivity index (χ1n) is 5.36. The number of rotatable bonds is 5. The highest BCUT2D eigenvalue weighted by molar-refractivity contribution is 7.09. The third-order valence-corrected chi connectivity index (χ3v) is 2.86. The standard InChI is InChI=1S/C12H21NOS/c1-10(8-13-12(2,3)4)14-9-11-6-5-7-15-11/h5-7,10,13H,8-9H2,1-4H3. The molecular formula is C12H21NOS. The van der Waals surface area contributed by atoms with Gasteiger partial charge in [-0.2, -0.15) is 0 Å². The SMILES string of the molecule is CC(CNC(C)(C)C)OCc1cccs1. The van der Waals surface area contributed by atoms with Gasteiger partial charge in [-0.3, -0.25) is 0 Å². The summed E-state index contributed by atoms with van der Waals surface area (Å²) in [6.45, 7) is 10.2. The Bertz CT molecular complexity index is 264. The third-order valence-electron chi connectivity index (χ3n) is 2.01. The lowest BCUT2D eigenvalue weighted by molar-refractivity contribution is 0.0507. The van der Waals surface area contributed by atoms with Crippen LogP contribution in [-0.4, -0.2) is 18.2 Å². The molecule has 3 heteroatoms. The Hall–Kier alpha value is -0.380. The van der Waals surface area contributed by atoms with E-state index in [0.29, 0.717) is 0 Å². The van der Waals surface area contributed by atoms with Crippen LogP contribution in [0.2, 0.25) is 0 Å². The first kappa shape index (κ1) is 12.7. The molecule has 2 nitrogen and oxygen atoms in total. The Morgan fingerprint density at radius 3 is 2.73 bits per heavy atom. The van der Waals surface area contributed by atoms with Crippen LogP contribution in [0.4, 0.5) is 0 Å². The Morgan fingerprint density at radius 1 is 1.47 bits per heavy atom. The normalized spacial score (nSPS) is 14.1. The van der Waals surface area contributed by atoms with E-state index in [4.69, 9.17) is 4.74 Å². The Labute approximate surface area is 96.7 Å². The summed E-state index contributed by atoms with van der Waals surface area (Å²) in [4.78, 5) is 1.29. The number of hydrogen-bond donors (Lipinski definition) is 1. The van der Waals surface area contributed by atoms with Crippen molar-refractivity contribution < 1.29 is 4.74 Å². The van der Waals surface area contributed by atoms with Crippen molar-refractivity contribution in [1.29, 1.82) is 0 Å². The van der Waals surface area contributed by atoms with Gasteiger partial charge < -0.3 is 10.1 Å². The molecule has 0 saturated carbocycles. The molecule has 1 rings (SSSR count). The van der Waals surface area contributed by atoms with Crippen LogP contribution in [0.15, 0.2) is 17.5 Å². The highest BCUT2D eigenvalue weighted by Gasteiger charge is 2.11. The van der Waals surface area contributed by atoms with E-state index < -0.39 is 0 Å². The van der Waals surface area contributed by atoms with Crippen LogP contribution >= 0.6 is 11.3 Å². The van der Waals surface area contributed by atoms with E-state index >= 15 is 0 Å². The maximum atomic E-state index is 5.73. The first-order chi connectivity index (χ1) is 6.97. The second-order valence-electron chi connectivity index (χ2n) is 4.83. The Morgan fingerprint density at radius 2 is 2.20 bits per heavy atom. The number of thiophene rings is 1. The molecule has 1 heterocycles. The molecule has 15 heavy (non-hydrogen) atoms. The molecule has 0 aliphatic carbocycles. The van der Waals surface area contributed by atoms with Crippen LogP contribution in [0.3, 0.4) is 0 Å². The molecule has 86 valence electrons. The summed E-state index contributed by atoms with van der Waals surface area (Å²) >= 11 is 1.74. The molecule has 0 saturated heterocycles. The lowest BCUT2D eigenvalue weighted by atomic mass is 10.1. The number of nitrogens with one attached hydrogen (secondary N) is 1. The van der Waals surface area contributed by atoms with Gasteiger partial charge in [-0.25, -0.2) is 0 Å². The van der Waals surface area contributed by atoms with E-state index in [9.17, 15) is 0 Å². The van der Waals surface area contributed by atoms with Crippen molar-refractivity contribution in [2.45, 2.75) is 45.9 Å². The van der Waals surface area contributed by atoms with Gasteiger partial charge in [-0.05, 0) is 39.1 Å². The third kappa shape index (κ3) is 5.92. The van der Waals surface area contributed by atoms with Crippen molar-refractivity contribution in [2.24, 2.45) is 0 Å². The zero-order valence-electron chi connectivity index (χ0n) is 10.0. The molecular weight excluding hydrogens is 206 g/mol. The fraction of sp³-hybridized carbons (Fsp3) is 0.667. The molecule has 0 aromatic carbocycles. The predicted octanol–water partition coefficient (Wildman–Crippen LogP) is 3.04. The fourth-order valence-corrected chi connectivity index (χ4v) is 1.75. The van der Waals surface area contributed by atoms with E-state index in [2.05, 4.69) is 50.5 Å². The van der Waals surface area contributed by atoms with Crippen molar-refractivity contribution in [3.8, 4) is 0 Å². The average molecular weight is 227 g/mol. The topological polar surface area (TPSA) is 21.3 Å². The highest BCUT2D eigenvalue weighted by atomic mass is 32.1. The molecule has 1 unspecified atom stereocenters. The van der Waals surface area contributed by atoms with E-state index in [1.807, 2.05) is 0 Å². The zero-order chi connectivity index (χ0) is 11.3. The van der Waals surface area contributed by atoms with Gasteiger partial charge in [0.2, 0.25) is 0 Å². The quantitative estimate of drug-likeness (QED) is 0.835. The molecule has 0 spiro atoms. The van der Waals surface area contributed by atoms with Gasteiger partial charge >= 0.3 is 0 Å². The minimum atomic E-state index is 0.167. The molecule has 0 fully saturated rings. The second-order valence-corrected chi connectivity index (χ2v) is 5.86. The second kappa shape index (κ2) is 5.64. The molecule has 1 N–H and O–H groups in total. The van der Waals surface area contributed by atoms with Gasteiger partial charge in [0.1, 0.15) is 0 Å². The molecule has 0 bridgehead atoms. The van der Waals surface area contributed by atoms with Crippen LogP contribution in [-0.2, 0) is 11.3 Å². The molecule has 0 radical (unpaired) electrons.